The Morgan fingerprint density at radius 1 is 1.52 bits per heavy atom. The first-order valence-corrected chi connectivity index (χ1v) is 7.40. The summed E-state index contributed by atoms with van der Waals surface area (Å²) in [6, 6.07) is 5.80. The van der Waals surface area contributed by atoms with Crippen LogP contribution in [0.5, 0.6) is 0 Å². The predicted molar refractivity (Wildman–Crippen MR) is 83.9 cm³/mol. The third-order valence-corrected chi connectivity index (χ3v) is 3.72. The van der Waals surface area contributed by atoms with Gasteiger partial charge in [-0.05, 0) is 42.5 Å². The second-order valence-electron chi connectivity index (χ2n) is 5.28. The lowest BCUT2D eigenvalue weighted by molar-refractivity contribution is -0.126. The minimum atomic E-state index is -0.341. The number of amides is 1. The van der Waals surface area contributed by atoms with Gasteiger partial charge >= 0.3 is 0 Å². The van der Waals surface area contributed by atoms with E-state index in [1.54, 1.807) is 0 Å². The monoisotopic (exact) mass is 286 g/mol. The van der Waals surface area contributed by atoms with Crippen molar-refractivity contribution in [3.05, 3.63) is 29.3 Å². The van der Waals surface area contributed by atoms with E-state index in [4.69, 9.17) is 10.5 Å². The summed E-state index contributed by atoms with van der Waals surface area (Å²) in [6.45, 7) is 5.10. The Balaban J connectivity index is 2.14. The smallest absolute Gasteiger partial charge is 0.253 e. The molecule has 1 aliphatic rings. The summed E-state index contributed by atoms with van der Waals surface area (Å²) in [4.78, 5) is 12.3. The van der Waals surface area contributed by atoms with Gasteiger partial charge in [0.15, 0.2) is 0 Å². The molecule has 0 aromatic heterocycles. The average molecular weight is 286 g/mol. The lowest BCUT2D eigenvalue weighted by atomic mass is 10.0. The highest BCUT2D eigenvalue weighted by molar-refractivity contribution is 5.95. The second-order valence-corrected chi connectivity index (χ2v) is 5.28. The van der Waals surface area contributed by atoms with Crippen LogP contribution in [0, 0.1) is 17.8 Å². The Morgan fingerprint density at radius 2 is 2.33 bits per heavy atom. The van der Waals surface area contributed by atoms with Crippen molar-refractivity contribution < 1.29 is 9.53 Å². The summed E-state index contributed by atoms with van der Waals surface area (Å²) >= 11 is 0. The standard InChI is InChI=1S/C17H22N2O2/c1-3-14-11-13(5-4-9-18)6-7-15(14)19-17(20)16-12(2)8-10-21-16/h6-7,11-12,16H,3,8-10,18H2,1-2H3,(H,19,20). The van der Waals surface area contributed by atoms with Crippen LogP contribution < -0.4 is 11.1 Å². The van der Waals surface area contributed by atoms with E-state index in [-0.39, 0.29) is 17.9 Å². The fraction of sp³-hybridized carbons (Fsp3) is 0.471. The van der Waals surface area contributed by atoms with Gasteiger partial charge in [0.1, 0.15) is 6.10 Å². The number of carbonyl (C=O) groups excluding carboxylic acids is 1. The van der Waals surface area contributed by atoms with Gasteiger partial charge in [-0.2, -0.15) is 0 Å². The van der Waals surface area contributed by atoms with E-state index in [9.17, 15) is 4.79 Å². The molecule has 1 heterocycles. The van der Waals surface area contributed by atoms with Crippen LogP contribution in [-0.4, -0.2) is 25.2 Å². The summed E-state index contributed by atoms with van der Waals surface area (Å²) in [7, 11) is 0. The van der Waals surface area contributed by atoms with Crippen molar-refractivity contribution >= 4 is 11.6 Å². The van der Waals surface area contributed by atoms with Gasteiger partial charge in [-0.3, -0.25) is 4.79 Å². The van der Waals surface area contributed by atoms with Crippen molar-refractivity contribution in [2.45, 2.75) is 32.8 Å². The Morgan fingerprint density at radius 3 is 2.95 bits per heavy atom. The molecule has 1 amide bonds. The number of ether oxygens (including phenoxy) is 1. The fourth-order valence-electron chi connectivity index (χ4n) is 2.47. The molecule has 0 bridgehead atoms. The predicted octanol–water partition coefficient (Wildman–Crippen LogP) is 1.92. The topological polar surface area (TPSA) is 64.3 Å². The van der Waals surface area contributed by atoms with Crippen molar-refractivity contribution in [3.8, 4) is 11.8 Å². The number of nitrogens with two attached hydrogens (primary N) is 1. The number of aryl methyl sites for hydroxylation is 1. The molecule has 2 unspecified atom stereocenters. The highest BCUT2D eigenvalue weighted by atomic mass is 16.5. The number of nitrogens with one attached hydrogen (secondary N) is 1. The molecule has 112 valence electrons. The van der Waals surface area contributed by atoms with Gasteiger partial charge < -0.3 is 15.8 Å². The molecule has 1 saturated heterocycles. The minimum Gasteiger partial charge on any atom is -0.368 e. The molecule has 21 heavy (non-hydrogen) atoms. The van der Waals surface area contributed by atoms with E-state index in [1.165, 1.54) is 0 Å². The zero-order chi connectivity index (χ0) is 15.2. The fourth-order valence-corrected chi connectivity index (χ4v) is 2.47. The highest BCUT2D eigenvalue weighted by Crippen LogP contribution is 2.23. The molecule has 0 aliphatic carbocycles. The van der Waals surface area contributed by atoms with Gasteiger partial charge in [-0.1, -0.05) is 25.7 Å². The number of carbonyl (C=O) groups is 1. The van der Waals surface area contributed by atoms with E-state index >= 15 is 0 Å². The summed E-state index contributed by atoms with van der Waals surface area (Å²) in [6.07, 6.45) is 1.42. The van der Waals surface area contributed by atoms with Crippen LogP contribution in [0.3, 0.4) is 0 Å². The molecule has 2 rings (SSSR count). The molecule has 1 aromatic rings. The van der Waals surface area contributed by atoms with Crippen molar-refractivity contribution in [1.29, 1.82) is 0 Å². The molecule has 1 fully saturated rings. The quantitative estimate of drug-likeness (QED) is 0.834. The van der Waals surface area contributed by atoms with E-state index in [0.717, 1.165) is 29.7 Å². The third-order valence-electron chi connectivity index (χ3n) is 3.72. The maximum absolute atomic E-state index is 12.3. The Kier molecular flexibility index (Phi) is 5.38. The highest BCUT2D eigenvalue weighted by Gasteiger charge is 2.31. The van der Waals surface area contributed by atoms with Crippen LogP contribution in [0.25, 0.3) is 0 Å². The molecular weight excluding hydrogens is 264 g/mol. The number of hydrogen-bond acceptors (Lipinski definition) is 3. The molecule has 3 N–H and O–H groups in total. The molecule has 1 aromatic carbocycles. The molecule has 0 radical (unpaired) electrons. The molecular formula is C17H22N2O2. The van der Waals surface area contributed by atoms with Crippen LogP contribution in [0.15, 0.2) is 18.2 Å². The van der Waals surface area contributed by atoms with E-state index < -0.39 is 0 Å². The summed E-state index contributed by atoms with van der Waals surface area (Å²) in [5.74, 6) is 6.06. The molecule has 0 saturated carbocycles. The van der Waals surface area contributed by atoms with Crippen LogP contribution in [0.4, 0.5) is 5.69 Å². The number of benzene rings is 1. The Labute approximate surface area is 126 Å². The van der Waals surface area contributed by atoms with E-state index in [1.807, 2.05) is 25.1 Å². The summed E-state index contributed by atoms with van der Waals surface area (Å²) < 4.78 is 5.50. The van der Waals surface area contributed by atoms with Crippen molar-refractivity contribution in [2.75, 3.05) is 18.5 Å². The first-order valence-electron chi connectivity index (χ1n) is 7.40. The average Bonchev–Trinajstić information content (AvgIpc) is 2.92. The van der Waals surface area contributed by atoms with Gasteiger partial charge in [0.25, 0.3) is 5.91 Å². The Bertz CT molecular complexity index is 572. The van der Waals surface area contributed by atoms with Gasteiger partial charge in [0, 0.05) is 17.9 Å². The molecule has 4 nitrogen and oxygen atoms in total. The van der Waals surface area contributed by atoms with Gasteiger partial charge in [-0.15, -0.1) is 0 Å². The minimum absolute atomic E-state index is 0.0597. The van der Waals surface area contributed by atoms with Crippen LogP contribution in [0.2, 0.25) is 0 Å². The van der Waals surface area contributed by atoms with Crippen LogP contribution in [-0.2, 0) is 16.0 Å². The van der Waals surface area contributed by atoms with Crippen LogP contribution in [0.1, 0.15) is 31.4 Å². The molecule has 1 aliphatic heterocycles. The second kappa shape index (κ2) is 7.26. The number of rotatable bonds is 3. The van der Waals surface area contributed by atoms with Crippen molar-refractivity contribution in [3.63, 3.8) is 0 Å². The first kappa shape index (κ1) is 15.6. The Hall–Kier alpha value is -1.83. The third kappa shape index (κ3) is 3.84. The number of anilines is 1. The zero-order valence-corrected chi connectivity index (χ0v) is 12.6. The lowest BCUT2D eigenvalue weighted by Gasteiger charge is -2.16. The summed E-state index contributed by atoms with van der Waals surface area (Å²) in [5, 5.41) is 2.98. The van der Waals surface area contributed by atoms with E-state index in [2.05, 4.69) is 24.1 Å². The van der Waals surface area contributed by atoms with Gasteiger partial charge in [-0.25, -0.2) is 0 Å². The van der Waals surface area contributed by atoms with Crippen LogP contribution >= 0.6 is 0 Å². The van der Waals surface area contributed by atoms with E-state index in [0.29, 0.717) is 13.2 Å². The molecule has 2 atom stereocenters. The van der Waals surface area contributed by atoms with Crippen molar-refractivity contribution in [2.24, 2.45) is 11.7 Å². The largest absolute Gasteiger partial charge is 0.368 e. The zero-order valence-electron chi connectivity index (χ0n) is 12.6. The maximum atomic E-state index is 12.3. The normalized spacial score (nSPS) is 20.7. The first-order chi connectivity index (χ1) is 10.2. The van der Waals surface area contributed by atoms with Gasteiger partial charge in [0.05, 0.1) is 6.54 Å². The molecule has 4 heteroatoms. The SMILES string of the molecule is CCc1cc(C#CCN)ccc1NC(=O)C1OCCC1C. The van der Waals surface area contributed by atoms with Crippen molar-refractivity contribution in [1.82, 2.24) is 0 Å². The number of hydrogen-bond donors (Lipinski definition) is 2. The maximum Gasteiger partial charge on any atom is 0.253 e. The van der Waals surface area contributed by atoms with Gasteiger partial charge in [0.2, 0.25) is 0 Å². The molecule has 0 spiro atoms. The lowest BCUT2D eigenvalue weighted by Crippen LogP contribution is -2.31. The summed E-state index contributed by atoms with van der Waals surface area (Å²) in [5.41, 5.74) is 8.20.